The van der Waals surface area contributed by atoms with Gasteiger partial charge in [0.25, 0.3) is 0 Å². The van der Waals surface area contributed by atoms with E-state index in [1.807, 2.05) is 0 Å². The number of hydrogen-bond donors (Lipinski definition) is 1. The molecule has 8 nitrogen and oxygen atoms in total. The number of rotatable bonds is 4. The lowest BCUT2D eigenvalue weighted by molar-refractivity contribution is -0.148. The van der Waals surface area contributed by atoms with Gasteiger partial charge in [-0.15, -0.1) is 0 Å². The molecule has 1 N–H and O–H groups in total. The van der Waals surface area contributed by atoms with Gasteiger partial charge in [0.2, 0.25) is 10.0 Å². The molecule has 0 aromatic heterocycles. The minimum atomic E-state index is -3.58. The fourth-order valence-electron chi connectivity index (χ4n) is 4.49. The van der Waals surface area contributed by atoms with Crippen LogP contribution < -0.4 is 0 Å². The fraction of sp³-hybridized carbons (Fsp3) is 0.900. The number of carbonyl (C=O) groups excluding carboxylic acids is 1. The molecule has 1 heterocycles. The van der Waals surface area contributed by atoms with Gasteiger partial charge >= 0.3 is 12.1 Å². The monoisotopic (exact) mass is 432 g/mol. The van der Waals surface area contributed by atoms with Crippen molar-refractivity contribution in [2.75, 3.05) is 12.8 Å². The molecule has 0 spiro atoms. The molecule has 0 bridgehead atoms. The fourth-order valence-corrected chi connectivity index (χ4v) is 5.93. The lowest BCUT2D eigenvalue weighted by atomic mass is 9.75. The highest BCUT2D eigenvalue weighted by Gasteiger charge is 2.55. The van der Waals surface area contributed by atoms with Crippen molar-refractivity contribution in [1.29, 1.82) is 0 Å². The van der Waals surface area contributed by atoms with Gasteiger partial charge in [-0.25, -0.2) is 18.0 Å². The minimum absolute atomic E-state index is 0.00464. The van der Waals surface area contributed by atoms with E-state index < -0.39 is 39.3 Å². The third-order valence-electron chi connectivity index (χ3n) is 6.11. The van der Waals surface area contributed by atoms with E-state index in [0.29, 0.717) is 0 Å². The zero-order chi connectivity index (χ0) is 22.4. The summed E-state index contributed by atoms with van der Waals surface area (Å²) in [5.41, 5.74) is -2.13. The summed E-state index contributed by atoms with van der Waals surface area (Å²) in [5.74, 6) is -1.16. The first-order chi connectivity index (χ1) is 13.0. The van der Waals surface area contributed by atoms with E-state index in [-0.39, 0.29) is 24.4 Å². The van der Waals surface area contributed by atoms with Crippen LogP contribution in [0.3, 0.4) is 0 Å². The average Bonchev–Trinajstić information content (AvgIpc) is 2.85. The quantitative estimate of drug-likeness (QED) is 0.732. The standard InChI is InChI=1S/C20H36N2O6S/c1-18(2,3)28-17(25)21-13-15(12-20(21,6)16(23)24)22(29(7,26)27)14-8-10-19(4,5)11-9-14/h14-15H,8-13H2,1-7H3,(H,23,24)/t15-,20-/m0/s1. The number of carbonyl (C=O) groups is 2. The van der Waals surface area contributed by atoms with Crippen LogP contribution in [0.5, 0.6) is 0 Å². The van der Waals surface area contributed by atoms with Gasteiger partial charge in [0, 0.05) is 18.6 Å². The van der Waals surface area contributed by atoms with E-state index in [2.05, 4.69) is 13.8 Å². The van der Waals surface area contributed by atoms with Gasteiger partial charge in [-0.1, -0.05) is 13.8 Å². The Morgan fingerprint density at radius 3 is 2.03 bits per heavy atom. The first-order valence-corrected chi connectivity index (χ1v) is 12.0. The maximum absolute atomic E-state index is 12.7. The van der Waals surface area contributed by atoms with E-state index in [0.717, 1.165) is 25.7 Å². The Balaban J connectivity index is 2.33. The van der Waals surface area contributed by atoms with Crippen LogP contribution in [0.15, 0.2) is 0 Å². The number of hydrogen-bond acceptors (Lipinski definition) is 5. The lowest BCUT2D eigenvalue weighted by Crippen LogP contribution is -2.52. The number of aliphatic carboxylic acids is 1. The summed E-state index contributed by atoms with van der Waals surface area (Å²) in [4.78, 5) is 26.0. The first-order valence-electron chi connectivity index (χ1n) is 10.2. The molecule has 0 aromatic rings. The van der Waals surface area contributed by atoms with Gasteiger partial charge in [-0.2, -0.15) is 4.31 Å². The highest BCUT2D eigenvalue weighted by molar-refractivity contribution is 7.88. The average molecular weight is 433 g/mol. The molecule has 29 heavy (non-hydrogen) atoms. The number of carboxylic acid groups (broad SMARTS) is 1. The summed E-state index contributed by atoms with van der Waals surface area (Å²) in [6.45, 7) is 11.0. The Morgan fingerprint density at radius 2 is 1.62 bits per heavy atom. The Labute approximate surface area is 174 Å². The first kappa shape index (κ1) is 23.9. The number of nitrogens with zero attached hydrogens (tertiary/aromatic N) is 2. The van der Waals surface area contributed by atoms with Crippen LogP contribution in [-0.2, 0) is 19.6 Å². The van der Waals surface area contributed by atoms with Crippen LogP contribution in [-0.4, -0.2) is 70.8 Å². The molecule has 2 aliphatic rings. The normalized spacial score (nSPS) is 28.6. The van der Waals surface area contributed by atoms with Crippen molar-refractivity contribution < 1.29 is 27.9 Å². The summed E-state index contributed by atoms with van der Waals surface area (Å²) < 4.78 is 32.3. The second-order valence-corrected chi connectivity index (χ2v) is 12.4. The molecule has 9 heteroatoms. The molecule has 1 aliphatic heterocycles. The highest BCUT2D eigenvalue weighted by atomic mass is 32.2. The smallest absolute Gasteiger partial charge is 0.411 e. The van der Waals surface area contributed by atoms with Crippen molar-refractivity contribution in [3.63, 3.8) is 0 Å². The molecule has 168 valence electrons. The van der Waals surface area contributed by atoms with Crippen LogP contribution in [0.1, 0.15) is 73.6 Å². The number of likely N-dealkylation sites (tertiary alicyclic amines) is 1. The SMILES string of the molecule is CC1(C)CCC(N([C@@H]2CN(C(=O)OC(C)(C)C)[C@](C)(C(=O)O)C2)S(C)(=O)=O)CC1. The number of amides is 1. The molecule has 2 fully saturated rings. The topological polar surface area (TPSA) is 104 Å². The number of ether oxygens (including phenoxy) is 1. The second kappa shape index (κ2) is 7.72. The molecular formula is C20H36N2O6S. The lowest BCUT2D eigenvalue weighted by Gasteiger charge is -2.41. The van der Waals surface area contributed by atoms with Gasteiger partial charge in [0.1, 0.15) is 11.1 Å². The van der Waals surface area contributed by atoms with Crippen LogP contribution in [0, 0.1) is 5.41 Å². The molecule has 2 atom stereocenters. The molecule has 1 amide bonds. The van der Waals surface area contributed by atoms with Crippen LogP contribution >= 0.6 is 0 Å². The van der Waals surface area contributed by atoms with Crippen molar-refractivity contribution in [3.05, 3.63) is 0 Å². The molecule has 0 radical (unpaired) electrons. The van der Waals surface area contributed by atoms with E-state index in [4.69, 9.17) is 4.74 Å². The molecule has 0 unspecified atom stereocenters. The van der Waals surface area contributed by atoms with E-state index >= 15 is 0 Å². The van der Waals surface area contributed by atoms with Crippen molar-refractivity contribution >= 4 is 22.1 Å². The summed E-state index contributed by atoms with van der Waals surface area (Å²) in [6, 6.07) is -0.774. The third-order valence-corrected chi connectivity index (χ3v) is 7.47. The van der Waals surface area contributed by atoms with Crippen LogP contribution in [0.25, 0.3) is 0 Å². The van der Waals surface area contributed by atoms with Crippen molar-refractivity contribution in [2.45, 2.75) is 96.9 Å². The Morgan fingerprint density at radius 1 is 1.10 bits per heavy atom. The minimum Gasteiger partial charge on any atom is -0.480 e. The van der Waals surface area contributed by atoms with Crippen LogP contribution in [0.4, 0.5) is 4.79 Å². The summed E-state index contributed by atoms with van der Waals surface area (Å²) >= 11 is 0. The van der Waals surface area contributed by atoms with Crippen LogP contribution in [0.2, 0.25) is 0 Å². The predicted molar refractivity (Wildman–Crippen MR) is 110 cm³/mol. The van der Waals surface area contributed by atoms with E-state index in [1.165, 1.54) is 22.4 Å². The maximum atomic E-state index is 12.7. The molecule has 1 aliphatic carbocycles. The Bertz CT molecular complexity index is 747. The van der Waals surface area contributed by atoms with Crippen molar-refractivity contribution in [3.8, 4) is 0 Å². The van der Waals surface area contributed by atoms with Gasteiger partial charge in [0.15, 0.2) is 0 Å². The summed E-state index contributed by atoms with van der Waals surface area (Å²) in [7, 11) is -3.58. The maximum Gasteiger partial charge on any atom is 0.411 e. The summed E-state index contributed by atoms with van der Waals surface area (Å²) in [6.07, 6.45) is 3.74. The second-order valence-electron chi connectivity index (χ2n) is 10.5. The Kier molecular flexibility index (Phi) is 6.37. The zero-order valence-corrected chi connectivity index (χ0v) is 19.5. The predicted octanol–water partition coefficient (Wildman–Crippen LogP) is 3.07. The molecule has 0 aromatic carbocycles. The molecule has 1 saturated heterocycles. The van der Waals surface area contributed by atoms with Gasteiger partial charge < -0.3 is 9.84 Å². The largest absolute Gasteiger partial charge is 0.480 e. The van der Waals surface area contributed by atoms with Gasteiger partial charge in [0.05, 0.1) is 6.26 Å². The van der Waals surface area contributed by atoms with E-state index in [9.17, 15) is 23.1 Å². The summed E-state index contributed by atoms with van der Waals surface area (Å²) in [5, 5.41) is 9.85. The van der Waals surface area contributed by atoms with Gasteiger partial charge in [-0.3, -0.25) is 4.90 Å². The zero-order valence-electron chi connectivity index (χ0n) is 18.7. The number of sulfonamides is 1. The molecular weight excluding hydrogens is 396 g/mol. The third kappa shape index (κ3) is 5.42. The van der Waals surface area contributed by atoms with Crippen molar-refractivity contribution in [2.24, 2.45) is 5.41 Å². The number of carboxylic acids is 1. The Hall–Kier alpha value is -1.35. The molecule has 2 rings (SSSR count). The van der Waals surface area contributed by atoms with E-state index in [1.54, 1.807) is 20.8 Å². The van der Waals surface area contributed by atoms with Crippen molar-refractivity contribution in [1.82, 2.24) is 9.21 Å². The van der Waals surface area contributed by atoms with Gasteiger partial charge in [-0.05, 0) is 65.2 Å². The molecule has 1 saturated carbocycles. The highest BCUT2D eigenvalue weighted by Crippen LogP contribution is 2.41.